The predicted octanol–water partition coefficient (Wildman–Crippen LogP) is 1.45. The molecule has 0 bridgehead atoms. The van der Waals surface area contributed by atoms with Crippen LogP contribution >= 0.6 is 0 Å². The van der Waals surface area contributed by atoms with E-state index in [1.165, 1.54) is 7.11 Å². The summed E-state index contributed by atoms with van der Waals surface area (Å²) in [5.41, 5.74) is -0.717. The van der Waals surface area contributed by atoms with E-state index in [2.05, 4.69) is 5.32 Å². The number of barbiturate groups is 1. The molecule has 20 heavy (non-hydrogen) atoms. The minimum absolute atomic E-state index is 0.358. The Morgan fingerprint density at radius 3 is 2.50 bits per heavy atom. The molecule has 1 saturated carbocycles. The molecule has 104 valence electrons. The van der Waals surface area contributed by atoms with Crippen molar-refractivity contribution in [1.82, 2.24) is 5.32 Å². The third kappa shape index (κ3) is 1.54. The maximum atomic E-state index is 12.6. The molecule has 1 aliphatic carbocycles. The number of urea groups is 1. The van der Waals surface area contributed by atoms with Gasteiger partial charge < -0.3 is 4.74 Å². The van der Waals surface area contributed by atoms with Gasteiger partial charge in [-0.15, -0.1) is 0 Å². The van der Waals surface area contributed by atoms with Crippen LogP contribution in [0.15, 0.2) is 24.3 Å². The number of para-hydroxylation sites is 2. The molecule has 3 rings (SSSR count). The highest BCUT2D eigenvalue weighted by Crippen LogP contribution is 2.46. The summed E-state index contributed by atoms with van der Waals surface area (Å²) in [4.78, 5) is 37.6. The quantitative estimate of drug-likeness (QED) is 0.828. The largest absolute Gasteiger partial charge is 0.495 e. The van der Waals surface area contributed by atoms with Gasteiger partial charge >= 0.3 is 6.03 Å². The molecule has 0 atom stereocenters. The summed E-state index contributed by atoms with van der Waals surface area (Å²) in [7, 11) is 1.47. The number of carbonyl (C=O) groups is 3. The van der Waals surface area contributed by atoms with E-state index in [4.69, 9.17) is 4.74 Å². The van der Waals surface area contributed by atoms with Gasteiger partial charge in [-0.25, -0.2) is 9.69 Å². The summed E-state index contributed by atoms with van der Waals surface area (Å²) in [6.07, 6.45) is 1.78. The number of ether oxygens (including phenoxy) is 1. The lowest BCUT2D eigenvalue weighted by Gasteiger charge is -2.44. The lowest BCUT2D eigenvalue weighted by molar-refractivity contribution is -0.148. The highest BCUT2D eigenvalue weighted by Gasteiger charge is 2.57. The average molecular weight is 274 g/mol. The first-order chi connectivity index (χ1) is 9.60. The van der Waals surface area contributed by atoms with Crippen molar-refractivity contribution in [3.63, 3.8) is 0 Å². The monoisotopic (exact) mass is 274 g/mol. The fraction of sp³-hybridized carbons (Fsp3) is 0.357. The van der Waals surface area contributed by atoms with Gasteiger partial charge in [0.1, 0.15) is 11.2 Å². The van der Waals surface area contributed by atoms with Crippen molar-refractivity contribution in [2.24, 2.45) is 5.41 Å². The third-order valence-corrected chi connectivity index (χ3v) is 4.00. The molecule has 1 heterocycles. The smallest absolute Gasteiger partial charge is 0.335 e. The van der Waals surface area contributed by atoms with Crippen LogP contribution < -0.4 is 15.0 Å². The fourth-order valence-electron chi connectivity index (χ4n) is 2.68. The summed E-state index contributed by atoms with van der Waals surface area (Å²) >= 11 is 0. The Morgan fingerprint density at radius 1 is 1.20 bits per heavy atom. The van der Waals surface area contributed by atoms with E-state index in [-0.39, 0.29) is 0 Å². The second-order valence-electron chi connectivity index (χ2n) is 5.01. The van der Waals surface area contributed by atoms with E-state index in [9.17, 15) is 14.4 Å². The summed E-state index contributed by atoms with van der Waals surface area (Å²) in [6, 6.07) is 6.03. The first kappa shape index (κ1) is 12.7. The summed E-state index contributed by atoms with van der Waals surface area (Å²) in [6.45, 7) is 0. The number of rotatable bonds is 2. The van der Waals surface area contributed by atoms with Crippen molar-refractivity contribution in [3.8, 4) is 5.75 Å². The number of anilines is 1. The third-order valence-electron chi connectivity index (χ3n) is 4.00. The maximum absolute atomic E-state index is 12.6. The Morgan fingerprint density at radius 2 is 1.90 bits per heavy atom. The number of carbonyl (C=O) groups excluding carboxylic acids is 3. The molecule has 2 fully saturated rings. The van der Waals surface area contributed by atoms with Crippen molar-refractivity contribution in [1.29, 1.82) is 0 Å². The topological polar surface area (TPSA) is 75.7 Å². The molecule has 4 amide bonds. The van der Waals surface area contributed by atoms with Crippen LogP contribution in [0.4, 0.5) is 10.5 Å². The Balaban J connectivity index is 2.06. The van der Waals surface area contributed by atoms with Crippen molar-refractivity contribution in [3.05, 3.63) is 24.3 Å². The fourth-order valence-corrected chi connectivity index (χ4v) is 2.68. The molecular weight excluding hydrogens is 260 g/mol. The summed E-state index contributed by atoms with van der Waals surface area (Å²) in [5.74, 6) is -0.522. The van der Waals surface area contributed by atoms with E-state index < -0.39 is 23.3 Å². The van der Waals surface area contributed by atoms with Gasteiger partial charge in [0.15, 0.2) is 0 Å². The first-order valence-electron chi connectivity index (χ1n) is 6.43. The van der Waals surface area contributed by atoms with Crippen LogP contribution in [-0.2, 0) is 9.59 Å². The van der Waals surface area contributed by atoms with Gasteiger partial charge in [-0.2, -0.15) is 0 Å². The second kappa shape index (κ2) is 4.33. The minimum atomic E-state index is -1.07. The minimum Gasteiger partial charge on any atom is -0.495 e. The van der Waals surface area contributed by atoms with Crippen LogP contribution in [0.5, 0.6) is 5.75 Å². The van der Waals surface area contributed by atoms with Crippen LogP contribution in [0.3, 0.4) is 0 Å². The van der Waals surface area contributed by atoms with Gasteiger partial charge in [-0.05, 0) is 25.0 Å². The Labute approximate surface area is 115 Å². The zero-order chi connectivity index (χ0) is 14.3. The number of hydrogen-bond donors (Lipinski definition) is 1. The molecule has 1 spiro atoms. The number of amides is 4. The van der Waals surface area contributed by atoms with Crippen LogP contribution in [0.25, 0.3) is 0 Å². The van der Waals surface area contributed by atoms with Gasteiger partial charge in [-0.3, -0.25) is 14.9 Å². The molecule has 1 aromatic rings. The number of methoxy groups -OCH3 is 1. The van der Waals surface area contributed by atoms with E-state index in [1.807, 2.05) is 0 Å². The normalized spacial score (nSPS) is 20.6. The molecule has 0 unspecified atom stereocenters. The van der Waals surface area contributed by atoms with Gasteiger partial charge in [0.2, 0.25) is 5.91 Å². The Bertz CT molecular complexity index is 607. The van der Waals surface area contributed by atoms with E-state index in [0.717, 1.165) is 11.3 Å². The van der Waals surface area contributed by atoms with Gasteiger partial charge in [0, 0.05) is 0 Å². The molecule has 0 aromatic heterocycles. The molecule has 1 saturated heterocycles. The van der Waals surface area contributed by atoms with E-state index in [0.29, 0.717) is 24.3 Å². The zero-order valence-electron chi connectivity index (χ0n) is 11.0. The van der Waals surface area contributed by atoms with E-state index >= 15 is 0 Å². The zero-order valence-corrected chi connectivity index (χ0v) is 11.0. The molecule has 1 aromatic carbocycles. The average Bonchev–Trinajstić information content (AvgIpc) is 2.37. The summed E-state index contributed by atoms with van der Waals surface area (Å²) in [5, 5.41) is 2.27. The van der Waals surface area contributed by atoms with Crippen molar-refractivity contribution in [2.45, 2.75) is 19.3 Å². The summed E-state index contributed by atoms with van der Waals surface area (Å²) < 4.78 is 5.18. The highest BCUT2D eigenvalue weighted by atomic mass is 16.5. The van der Waals surface area contributed by atoms with Gasteiger partial charge in [0.05, 0.1) is 12.8 Å². The van der Waals surface area contributed by atoms with Crippen molar-refractivity contribution in [2.75, 3.05) is 12.0 Å². The number of imide groups is 2. The molecular formula is C14H14N2O4. The molecule has 6 nitrogen and oxygen atoms in total. The van der Waals surface area contributed by atoms with Crippen molar-refractivity contribution < 1.29 is 19.1 Å². The van der Waals surface area contributed by atoms with Gasteiger partial charge in [0.25, 0.3) is 5.91 Å². The Hall–Kier alpha value is -2.37. The number of benzene rings is 1. The molecule has 1 aliphatic heterocycles. The first-order valence-corrected chi connectivity index (χ1v) is 6.43. The predicted molar refractivity (Wildman–Crippen MR) is 70.3 cm³/mol. The van der Waals surface area contributed by atoms with Crippen molar-refractivity contribution >= 4 is 23.5 Å². The van der Waals surface area contributed by atoms with Crippen LogP contribution in [-0.4, -0.2) is 25.0 Å². The molecule has 0 radical (unpaired) electrons. The number of nitrogens with zero attached hydrogens (tertiary/aromatic N) is 1. The lowest BCUT2D eigenvalue weighted by Crippen LogP contribution is -2.66. The van der Waals surface area contributed by atoms with Gasteiger partial charge in [-0.1, -0.05) is 18.6 Å². The second-order valence-corrected chi connectivity index (χ2v) is 5.01. The Kier molecular flexibility index (Phi) is 2.74. The number of nitrogens with one attached hydrogen (secondary N) is 1. The number of hydrogen-bond acceptors (Lipinski definition) is 4. The maximum Gasteiger partial charge on any atom is 0.335 e. The lowest BCUT2D eigenvalue weighted by atomic mass is 9.66. The van der Waals surface area contributed by atoms with E-state index in [1.54, 1.807) is 24.3 Å². The SMILES string of the molecule is COc1ccccc1N1C(=O)NC(=O)C2(CCC2)C1=O. The van der Waals surface area contributed by atoms with Crippen LogP contribution in [0.2, 0.25) is 0 Å². The molecule has 6 heteroatoms. The standard InChI is InChI=1S/C14H14N2O4/c1-20-10-6-3-2-5-9(10)16-12(18)14(7-4-8-14)11(17)15-13(16)19/h2-3,5-6H,4,7-8H2,1H3,(H,15,17,19). The molecule has 1 N–H and O–H groups in total. The highest BCUT2D eigenvalue weighted by molar-refractivity contribution is 6.30. The molecule has 2 aliphatic rings. The van der Waals surface area contributed by atoms with Crippen LogP contribution in [0, 0.1) is 5.41 Å². The van der Waals surface area contributed by atoms with Crippen LogP contribution in [0.1, 0.15) is 19.3 Å².